The maximum Gasteiger partial charge on any atom is 0.230 e. The van der Waals surface area contributed by atoms with Gasteiger partial charge in [-0.05, 0) is 23.6 Å². The second-order valence-corrected chi connectivity index (χ2v) is 7.33. The molecule has 1 heterocycles. The van der Waals surface area contributed by atoms with E-state index in [2.05, 4.69) is 15.5 Å². The van der Waals surface area contributed by atoms with Crippen molar-refractivity contribution in [2.75, 3.05) is 5.75 Å². The van der Waals surface area contributed by atoms with Crippen LogP contribution in [0.25, 0.3) is 10.8 Å². The Morgan fingerprint density at radius 3 is 2.62 bits per heavy atom. The Kier molecular flexibility index (Phi) is 5.83. The summed E-state index contributed by atoms with van der Waals surface area (Å²) in [5, 5.41) is 13.9. The fourth-order valence-electron chi connectivity index (χ4n) is 2.76. The van der Waals surface area contributed by atoms with E-state index in [1.54, 1.807) is 18.3 Å². The fourth-order valence-corrected chi connectivity index (χ4v) is 3.56. The Balaban J connectivity index is 1.68. The molecule has 0 aliphatic carbocycles. The van der Waals surface area contributed by atoms with E-state index < -0.39 is 0 Å². The van der Waals surface area contributed by atoms with Crippen molar-refractivity contribution in [3.63, 3.8) is 0 Å². The number of fused-ring (bicyclic) bond motifs is 1. The van der Waals surface area contributed by atoms with Crippen LogP contribution >= 0.6 is 11.8 Å². The zero-order valence-electron chi connectivity index (χ0n) is 14.6. The van der Waals surface area contributed by atoms with Crippen LogP contribution in [0.4, 0.5) is 4.39 Å². The summed E-state index contributed by atoms with van der Waals surface area (Å²) in [6.07, 6.45) is 1.71. The second-order valence-electron chi connectivity index (χ2n) is 6.37. The van der Waals surface area contributed by atoms with Gasteiger partial charge < -0.3 is 5.32 Å². The molecule has 6 heteroatoms. The third-order valence-electron chi connectivity index (χ3n) is 4.09. The number of carbonyl (C=O) groups excluding carboxylic acids is 1. The molecule has 1 aromatic heterocycles. The summed E-state index contributed by atoms with van der Waals surface area (Å²) < 4.78 is 13.1. The van der Waals surface area contributed by atoms with Crippen molar-refractivity contribution >= 4 is 28.4 Å². The molecule has 0 bridgehead atoms. The van der Waals surface area contributed by atoms with Crippen molar-refractivity contribution in [1.82, 2.24) is 15.5 Å². The molecule has 0 radical (unpaired) electrons. The normalized spacial score (nSPS) is 12.3. The molecule has 0 fully saturated rings. The number of hydrogen-bond acceptors (Lipinski definition) is 4. The molecule has 1 amide bonds. The molecule has 0 aliphatic rings. The van der Waals surface area contributed by atoms with E-state index in [0.29, 0.717) is 0 Å². The zero-order chi connectivity index (χ0) is 18.5. The van der Waals surface area contributed by atoms with Crippen molar-refractivity contribution in [3.05, 3.63) is 66.1 Å². The molecule has 2 aromatic carbocycles. The van der Waals surface area contributed by atoms with Crippen LogP contribution in [0.15, 0.2) is 59.8 Å². The van der Waals surface area contributed by atoms with Crippen molar-refractivity contribution in [3.8, 4) is 0 Å². The third-order valence-corrected chi connectivity index (χ3v) is 5.07. The first kappa shape index (κ1) is 18.3. The average molecular weight is 369 g/mol. The lowest BCUT2D eigenvalue weighted by Gasteiger charge is -2.23. The van der Waals surface area contributed by atoms with Crippen molar-refractivity contribution < 1.29 is 9.18 Å². The molecule has 26 heavy (non-hydrogen) atoms. The van der Waals surface area contributed by atoms with Crippen LogP contribution in [0.5, 0.6) is 0 Å². The number of hydrogen-bond donors (Lipinski definition) is 1. The van der Waals surface area contributed by atoms with Gasteiger partial charge in [-0.25, -0.2) is 4.39 Å². The SMILES string of the molecule is CC(C)C(NC(=O)CSc1nncc2ccccc12)c1ccc(F)cc1. The monoisotopic (exact) mass is 369 g/mol. The number of carbonyl (C=O) groups is 1. The van der Waals surface area contributed by atoms with Gasteiger partial charge in [0.1, 0.15) is 10.8 Å². The highest BCUT2D eigenvalue weighted by Gasteiger charge is 2.19. The summed E-state index contributed by atoms with van der Waals surface area (Å²) in [4.78, 5) is 12.5. The number of aromatic nitrogens is 2. The Labute approximate surface area is 156 Å². The van der Waals surface area contributed by atoms with Gasteiger partial charge in [0, 0.05) is 10.8 Å². The highest BCUT2D eigenvalue weighted by Crippen LogP contribution is 2.26. The van der Waals surface area contributed by atoms with Crippen LogP contribution < -0.4 is 5.32 Å². The maximum absolute atomic E-state index is 13.1. The molecule has 3 aromatic rings. The van der Waals surface area contributed by atoms with E-state index in [1.165, 1.54) is 23.9 Å². The molecule has 1 atom stereocenters. The molecule has 0 spiro atoms. The molecule has 0 saturated heterocycles. The highest BCUT2D eigenvalue weighted by molar-refractivity contribution is 8.00. The number of halogens is 1. The van der Waals surface area contributed by atoms with E-state index in [1.807, 2.05) is 38.1 Å². The van der Waals surface area contributed by atoms with Crippen LogP contribution in [0.3, 0.4) is 0 Å². The van der Waals surface area contributed by atoms with E-state index in [9.17, 15) is 9.18 Å². The van der Waals surface area contributed by atoms with Gasteiger partial charge in [-0.15, -0.1) is 5.10 Å². The Hall–Kier alpha value is -2.47. The van der Waals surface area contributed by atoms with Gasteiger partial charge in [0.25, 0.3) is 0 Å². The quantitative estimate of drug-likeness (QED) is 0.656. The molecule has 4 nitrogen and oxygen atoms in total. The van der Waals surface area contributed by atoms with Crippen LogP contribution in [0, 0.1) is 11.7 Å². The number of thioether (sulfide) groups is 1. The predicted molar refractivity (Wildman–Crippen MR) is 102 cm³/mol. The number of rotatable bonds is 6. The van der Waals surface area contributed by atoms with Crippen LogP contribution in [-0.4, -0.2) is 21.9 Å². The van der Waals surface area contributed by atoms with E-state index in [4.69, 9.17) is 0 Å². The minimum absolute atomic E-state index is 0.0900. The van der Waals surface area contributed by atoms with Gasteiger partial charge in [-0.2, -0.15) is 5.10 Å². The topological polar surface area (TPSA) is 54.9 Å². The molecule has 3 rings (SSSR count). The molecule has 134 valence electrons. The third kappa shape index (κ3) is 4.38. The van der Waals surface area contributed by atoms with E-state index >= 15 is 0 Å². The number of nitrogens with zero attached hydrogens (tertiary/aromatic N) is 2. The first-order chi connectivity index (χ1) is 12.5. The van der Waals surface area contributed by atoms with Crippen LogP contribution in [0.2, 0.25) is 0 Å². The fraction of sp³-hybridized carbons (Fsp3) is 0.250. The Morgan fingerprint density at radius 2 is 1.88 bits per heavy atom. The van der Waals surface area contributed by atoms with E-state index in [-0.39, 0.29) is 29.4 Å². The summed E-state index contributed by atoms with van der Waals surface area (Å²) in [6.45, 7) is 4.05. The molecule has 1 unspecified atom stereocenters. The van der Waals surface area contributed by atoms with Crippen molar-refractivity contribution in [1.29, 1.82) is 0 Å². The molecule has 1 N–H and O–H groups in total. The smallest absolute Gasteiger partial charge is 0.230 e. The van der Waals surface area contributed by atoms with Gasteiger partial charge in [-0.1, -0.05) is 62.0 Å². The summed E-state index contributed by atoms with van der Waals surface area (Å²) in [7, 11) is 0. The van der Waals surface area contributed by atoms with Gasteiger partial charge in [-0.3, -0.25) is 4.79 Å². The minimum Gasteiger partial charge on any atom is -0.348 e. The standard InChI is InChI=1S/C20H20FN3OS/c1-13(2)19(14-7-9-16(21)10-8-14)23-18(25)12-26-20-17-6-4-3-5-15(17)11-22-24-20/h3-11,13,19H,12H2,1-2H3,(H,23,25). The Bertz CT molecular complexity index is 894. The average Bonchev–Trinajstić information content (AvgIpc) is 2.65. The largest absolute Gasteiger partial charge is 0.348 e. The number of benzene rings is 2. The van der Waals surface area contributed by atoms with Gasteiger partial charge in [0.2, 0.25) is 5.91 Å². The minimum atomic E-state index is -0.285. The number of amides is 1. The predicted octanol–water partition coefficient (Wildman–Crippen LogP) is 4.37. The molecular weight excluding hydrogens is 349 g/mol. The Morgan fingerprint density at radius 1 is 1.15 bits per heavy atom. The second kappa shape index (κ2) is 8.27. The maximum atomic E-state index is 13.1. The van der Waals surface area contributed by atoms with Crippen molar-refractivity contribution in [2.24, 2.45) is 5.92 Å². The van der Waals surface area contributed by atoms with Gasteiger partial charge >= 0.3 is 0 Å². The van der Waals surface area contributed by atoms with Crippen molar-refractivity contribution in [2.45, 2.75) is 24.9 Å². The lowest BCUT2D eigenvalue weighted by atomic mass is 9.96. The van der Waals surface area contributed by atoms with Crippen LogP contribution in [0.1, 0.15) is 25.5 Å². The first-order valence-corrected chi connectivity index (χ1v) is 9.41. The lowest BCUT2D eigenvalue weighted by Crippen LogP contribution is -2.33. The lowest BCUT2D eigenvalue weighted by molar-refractivity contribution is -0.119. The molecular formula is C20H20FN3OS. The summed E-state index contributed by atoms with van der Waals surface area (Å²) in [5.74, 6) is 0.0554. The van der Waals surface area contributed by atoms with Crippen LogP contribution in [-0.2, 0) is 4.79 Å². The summed E-state index contributed by atoms with van der Waals surface area (Å²) >= 11 is 1.36. The molecule has 0 saturated carbocycles. The summed E-state index contributed by atoms with van der Waals surface area (Å²) in [6, 6.07) is 13.9. The van der Waals surface area contributed by atoms with Gasteiger partial charge in [0.15, 0.2) is 0 Å². The first-order valence-electron chi connectivity index (χ1n) is 8.42. The molecule has 0 aliphatic heterocycles. The number of nitrogens with one attached hydrogen (secondary N) is 1. The summed E-state index contributed by atoms with van der Waals surface area (Å²) in [5.41, 5.74) is 0.893. The zero-order valence-corrected chi connectivity index (χ0v) is 15.5. The van der Waals surface area contributed by atoms with Gasteiger partial charge in [0.05, 0.1) is 18.0 Å². The van der Waals surface area contributed by atoms with E-state index in [0.717, 1.165) is 21.4 Å². The highest BCUT2D eigenvalue weighted by atomic mass is 32.2.